The molecule has 1 aliphatic rings. The molecule has 0 saturated carbocycles. The Hall–Kier alpha value is -2.31. The summed E-state index contributed by atoms with van der Waals surface area (Å²) in [6, 6.07) is 1.64. The predicted octanol–water partition coefficient (Wildman–Crippen LogP) is 1.01. The van der Waals surface area contributed by atoms with Gasteiger partial charge in [-0.3, -0.25) is 9.78 Å². The molecule has 7 heteroatoms. The molecule has 0 radical (unpaired) electrons. The molecule has 0 unspecified atom stereocenters. The zero-order valence-electron chi connectivity index (χ0n) is 12.0. The van der Waals surface area contributed by atoms with Crippen molar-refractivity contribution in [3.8, 4) is 0 Å². The Bertz CT molecular complexity index is 513. The van der Waals surface area contributed by atoms with Crippen LogP contribution in [0.2, 0.25) is 0 Å². The molecule has 1 fully saturated rings. The number of pyridine rings is 1. The van der Waals surface area contributed by atoms with Crippen LogP contribution < -0.4 is 11.1 Å². The summed E-state index contributed by atoms with van der Waals surface area (Å²) in [5.74, 6) is -0.190. The van der Waals surface area contributed by atoms with Crippen molar-refractivity contribution in [1.82, 2.24) is 15.2 Å². The van der Waals surface area contributed by atoms with Gasteiger partial charge in [-0.1, -0.05) is 0 Å². The maximum atomic E-state index is 12.1. The smallest absolute Gasteiger partial charge is 0.409 e. The van der Waals surface area contributed by atoms with Crippen LogP contribution in [-0.4, -0.2) is 47.6 Å². The molecule has 7 nitrogen and oxygen atoms in total. The molecule has 0 aliphatic carbocycles. The molecule has 1 aromatic rings. The third kappa shape index (κ3) is 4.08. The number of nitrogens with zero attached hydrogens (tertiary/aromatic N) is 2. The number of amides is 2. The van der Waals surface area contributed by atoms with Crippen LogP contribution in [0.15, 0.2) is 18.5 Å². The number of aromatic nitrogens is 1. The van der Waals surface area contributed by atoms with Crippen molar-refractivity contribution in [2.75, 3.05) is 25.4 Å². The maximum absolute atomic E-state index is 12.1. The van der Waals surface area contributed by atoms with Crippen LogP contribution in [0.5, 0.6) is 0 Å². The number of rotatable bonds is 3. The van der Waals surface area contributed by atoms with Gasteiger partial charge in [-0.05, 0) is 25.8 Å². The Morgan fingerprint density at radius 1 is 1.43 bits per heavy atom. The Balaban J connectivity index is 1.83. The largest absolute Gasteiger partial charge is 0.450 e. The van der Waals surface area contributed by atoms with Crippen molar-refractivity contribution in [3.63, 3.8) is 0 Å². The number of nitrogen functional groups attached to an aromatic ring is 1. The highest BCUT2D eigenvalue weighted by molar-refractivity contribution is 5.94. The second-order valence-corrected chi connectivity index (χ2v) is 4.94. The van der Waals surface area contributed by atoms with Crippen molar-refractivity contribution in [1.29, 1.82) is 0 Å². The molecule has 114 valence electrons. The fourth-order valence-electron chi connectivity index (χ4n) is 2.27. The van der Waals surface area contributed by atoms with Gasteiger partial charge in [0.15, 0.2) is 0 Å². The zero-order chi connectivity index (χ0) is 15.2. The normalized spacial score (nSPS) is 15.6. The minimum absolute atomic E-state index is 0.0459. The molecule has 0 atom stereocenters. The third-order valence-electron chi connectivity index (χ3n) is 3.38. The summed E-state index contributed by atoms with van der Waals surface area (Å²) >= 11 is 0. The molecular weight excluding hydrogens is 272 g/mol. The second-order valence-electron chi connectivity index (χ2n) is 4.94. The van der Waals surface area contributed by atoms with E-state index < -0.39 is 0 Å². The standard InChI is InChI=1S/C14H20N4O3/c1-2-21-14(20)18-5-3-12(4-6-18)17-13(19)10-7-11(15)9-16-8-10/h7-9,12H,2-6,15H2,1H3,(H,17,19). The lowest BCUT2D eigenvalue weighted by atomic mass is 10.0. The second kappa shape index (κ2) is 6.92. The maximum Gasteiger partial charge on any atom is 0.409 e. The van der Waals surface area contributed by atoms with Crippen molar-refractivity contribution in [2.45, 2.75) is 25.8 Å². The summed E-state index contributed by atoms with van der Waals surface area (Å²) in [4.78, 5) is 29.2. The van der Waals surface area contributed by atoms with E-state index in [2.05, 4.69) is 10.3 Å². The molecule has 1 saturated heterocycles. The first-order valence-corrected chi connectivity index (χ1v) is 7.03. The third-order valence-corrected chi connectivity index (χ3v) is 3.38. The average Bonchev–Trinajstić information content (AvgIpc) is 2.48. The van der Waals surface area contributed by atoms with E-state index in [0.717, 1.165) is 0 Å². The van der Waals surface area contributed by atoms with Gasteiger partial charge in [0.25, 0.3) is 5.91 Å². The van der Waals surface area contributed by atoms with Gasteiger partial charge in [0.2, 0.25) is 0 Å². The van der Waals surface area contributed by atoms with Gasteiger partial charge >= 0.3 is 6.09 Å². The average molecular weight is 292 g/mol. The van der Waals surface area contributed by atoms with E-state index in [1.807, 2.05) is 0 Å². The molecule has 0 bridgehead atoms. The molecule has 0 spiro atoms. The van der Waals surface area contributed by atoms with E-state index in [1.54, 1.807) is 17.9 Å². The molecule has 0 aromatic carbocycles. The van der Waals surface area contributed by atoms with Crippen molar-refractivity contribution in [3.05, 3.63) is 24.0 Å². The van der Waals surface area contributed by atoms with Gasteiger partial charge < -0.3 is 20.7 Å². The number of hydrogen-bond acceptors (Lipinski definition) is 5. The molecular formula is C14H20N4O3. The highest BCUT2D eigenvalue weighted by Crippen LogP contribution is 2.13. The number of ether oxygens (including phenoxy) is 1. The van der Waals surface area contributed by atoms with Crippen LogP contribution in [0, 0.1) is 0 Å². The summed E-state index contributed by atoms with van der Waals surface area (Å²) < 4.78 is 4.96. The number of likely N-dealkylation sites (tertiary alicyclic amines) is 1. The predicted molar refractivity (Wildman–Crippen MR) is 77.7 cm³/mol. The van der Waals surface area contributed by atoms with E-state index in [0.29, 0.717) is 43.8 Å². The Morgan fingerprint density at radius 2 is 2.14 bits per heavy atom. The topological polar surface area (TPSA) is 97.5 Å². The van der Waals surface area contributed by atoms with E-state index >= 15 is 0 Å². The lowest BCUT2D eigenvalue weighted by Crippen LogP contribution is -2.46. The number of anilines is 1. The van der Waals surface area contributed by atoms with Gasteiger partial charge in [-0.2, -0.15) is 0 Å². The van der Waals surface area contributed by atoms with Crippen molar-refractivity contribution in [2.24, 2.45) is 0 Å². The van der Waals surface area contributed by atoms with Crippen LogP contribution >= 0.6 is 0 Å². The van der Waals surface area contributed by atoms with Crippen LogP contribution in [0.4, 0.5) is 10.5 Å². The SMILES string of the molecule is CCOC(=O)N1CCC(NC(=O)c2cncc(N)c2)CC1. The molecule has 2 heterocycles. The molecule has 1 aromatic heterocycles. The number of nitrogens with one attached hydrogen (secondary N) is 1. The van der Waals surface area contributed by atoms with E-state index in [-0.39, 0.29) is 18.0 Å². The first kappa shape index (κ1) is 15.1. The molecule has 21 heavy (non-hydrogen) atoms. The highest BCUT2D eigenvalue weighted by Gasteiger charge is 2.24. The summed E-state index contributed by atoms with van der Waals surface area (Å²) in [6.45, 7) is 3.32. The van der Waals surface area contributed by atoms with Gasteiger partial charge in [0.05, 0.1) is 17.9 Å². The molecule has 3 N–H and O–H groups in total. The lowest BCUT2D eigenvalue weighted by Gasteiger charge is -2.31. The quantitative estimate of drug-likeness (QED) is 0.866. The van der Waals surface area contributed by atoms with Crippen molar-refractivity contribution >= 4 is 17.7 Å². The lowest BCUT2D eigenvalue weighted by molar-refractivity contribution is 0.0860. The van der Waals surface area contributed by atoms with Crippen LogP contribution in [0.3, 0.4) is 0 Å². The van der Waals surface area contributed by atoms with E-state index in [4.69, 9.17) is 10.5 Å². The number of nitrogens with two attached hydrogens (primary N) is 1. The van der Waals surface area contributed by atoms with Gasteiger partial charge in [0, 0.05) is 31.5 Å². The zero-order valence-corrected chi connectivity index (χ0v) is 12.0. The Labute approximate surface area is 123 Å². The van der Waals surface area contributed by atoms with Crippen LogP contribution in [0.25, 0.3) is 0 Å². The summed E-state index contributed by atoms with van der Waals surface area (Å²) in [7, 11) is 0. The number of carbonyl (C=O) groups excluding carboxylic acids is 2. The summed E-state index contributed by atoms with van der Waals surface area (Å²) in [5.41, 5.74) is 6.51. The van der Waals surface area contributed by atoms with Crippen LogP contribution in [-0.2, 0) is 4.74 Å². The summed E-state index contributed by atoms with van der Waals surface area (Å²) in [5, 5.41) is 2.94. The molecule has 2 rings (SSSR count). The minimum atomic E-state index is -0.290. The van der Waals surface area contributed by atoms with Crippen LogP contribution in [0.1, 0.15) is 30.1 Å². The first-order chi connectivity index (χ1) is 10.1. The van der Waals surface area contributed by atoms with Gasteiger partial charge in [-0.15, -0.1) is 0 Å². The molecule has 1 aliphatic heterocycles. The fourth-order valence-corrected chi connectivity index (χ4v) is 2.27. The Morgan fingerprint density at radius 3 is 2.76 bits per heavy atom. The fraction of sp³-hybridized carbons (Fsp3) is 0.500. The number of piperidine rings is 1. The first-order valence-electron chi connectivity index (χ1n) is 7.03. The van der Waals surface area contributed by atoms with Gasteiger partial charge in [-0.25, -0.2) is 4.79 Å². The monoisotopic (exact) mass is 292 g/mol. The number of hydrogen-bond donors (Lipinski definition) is 2. The highest BCUT2D eigenvalue weighted by atomic mass is 16.6. The van der Waals surface area contributed by atoms with Crippen molar-refractivity contribution < 1.29 is 14.3 Å². The van der Waals surface area contributed by atoms with Gasteiger partial charge in [0.1, 0.15) is 0 Å². The minimum Gasteiger partial charge on any atom is -0.450 e. The summed E-state index contributed by atoms with van der Waals surface area (Å²) in [6.07, 6.45) is 4.11. The Kier molecular flexibility index (Phi) is 4.97. The number of carbonyl (C=O) groups is 2. The van der Waals surface area contributed by atoms with E-state index in [1.165, 1.54) is 12.4 Å². The van der Waals surface area contributed by atoms with E-state index in [9.17, 15) is 9.59 Å². The molecule has 2 amide bonds.